The fourth-order valence-electron chi connectivity index (χ4n) is 1.87. The lowest BCUT2D eigenvalue weighted by atomic mass is 10.2. The average molecular weight is 235 g/mol. The van der Waals surface area contributed by atoms with Crippen LogP contribution in [0, 0.1) is 0 Å². The van der Waals surface area contributed by atoms with Gasteiger partial charge in [0.25, 0.3) is 0 Å². The van der Waals surface area contributed by atoms with Crippen LogP contribution in [0.5, 0.6) is 0 Å². The highest BCUT2D eigenvalue weighted by Gasteiger charge is 2.05. The Labute approximate surface area is 105 Å². The molecule has 1 unspecified atom stereocenters. The summed E-state index contributed by atoms with van der Waals surface area (Å²) in [7, 11) is 2.17. The van der Waals surface area contributed by atoms with Crippen molar-refractivity contribution in [2.75, 3.05) is 26.7 Å². The van der Waals surface area contributed by atoms with E-state index in [0.717, 1.165) is 26.1 Å². The molecule has 0 saturated carbocycles. The van der Waals surface area contributed by atoms with Crippen LogP contribution in [0.2, 0.25) is 0 Å². The first-order valence-electron chi connectivity index (χ1n) is 6.54. The summed E-state index contributed by atoms with van der Waals surface area (Å²) in [6.07, 6.45) is 4.08. The number of nitrogens with one attached hydrogen (secondary N) is 1. The number of hydrogen-bond donors (Lipinski definition) is 1. The van der Waals surface area contributed by atoms with Crippen molar-refractivity contribution in [3.05, 3.63) is 30.1 Å². The molecule has 1 heterocycles. The summed E-state index contributed by atoms with van der Waals surface area (Å²) in [4.78, 5) is 6.70. The highest BCUT2D eigenvalue weighted by atomic mass is 15.1. The molecule has 0 aromatic carbocycles. The molecule has 0 aliphatic rings. The largest absolute Gasteiger partial charge is 0.313 e. The molecule has 96 valence electrons. The van der Waals surface area contributed by atoms with E-state index in [2.05, 4.69) is 42.2 Å². The van der Waals surface area contributed by atoms with Gasteiger partial charge in [0.2, 0.25) is 0 Å². The van der Waals surface area contributed by atoms with Crippen molar-refractivity contribution in [3.63, 3.8) is 0 Å². The van der Waals surface area contributed by atoms with Gasteiger partial charge in [-0.25, -0.2) is 0 Å². The van der Waals surface area contributed by atoms with E-state index in [1.54, 1.807) is 0 Å². The predicted octanol–water partition coefficient (Wildman–Crippen LogP) is 1.94. The molecule has 1 aromatic heterocycles. The number of hydrogen-bond acceptors (Lipinski definition) is 3. The first-order valence-corrected chi connectivity index (χ1v) is 6.54. The van der Waals surface area contributed by atoms with E-state index in [-0.39, 0.29) is 0 Å². The minimum absolute atomic E-state index is 0.559. The number of rotatable bonds is 8. The van der Waals surface area contributed by atoms with Gasteiger partial charge in [-0.3, -0.25) is 4.98 Å². The second-order valence-corrected chi connectivity index (χ2v) is 4.69. The Balaban J connectivity index is 2.19. The van der Waals surface area contributed by atoms with Gasteiger partial charge in [0, 0.05) is 37.4 Å². The molecular formula is C14H25N3. The van der Waals surface area contributed by atoms with Gasteiger partial charge in [-0.2, -0.15) is 0 Å². The normalized spacial score (nSPS) is 12.9. The van der Waals surface area contributed by atoms with Gasteiger partial charge in [0.05, 0.1) is 0 Å². The maximum Gasteiger partial charge on any atom is 0.0416 e. The molecule has 1 aromatic rings. The average Bonchev–Trinajstić information content (AvgIpc) is 2.35. The standard InChI is InChI=1S/C14H25N3/c1-4-9-15-13(2)12-17(3)11-8-14-7-5-6-10-16-14/h5-7,10,13,15H,4,8-9,11-12H2,1-3H3. The lowest BCUT2D eigenvalue weighted by Gasteiger charge is -2.21. The van der Waals surface area contributed by atoms with E-state index in [9.17, 15) is 0 Å². The van der Waals surface area contributed by atoms with Crippen molar-refractivity contribution in [3.8, 4) is 0 Å². The zero-order valence-electron chi connectivity index (χ0n) is 11.3. The third-order valence-electron chi connectivity index (χ3n) is 2.80. The zero-order valence-corrected chi connectivity index (χ0v) is 11.3. The van der Waals surface area contributed by atoms with Crippen LogP contribution in [0.25, 0.3) is 0 Å². The minimum Gasteiger partial charge on any atom is -0.313 e. The van der Waals surface area contributed by atoms with E-state index >= 15 is 0 Å². The molecule has 1 rings (SSSR count). The molecular weight excluding hydrogens is 210 g/mol. The summed E-state index contributed by atoms with van der Waals surface area (Å²) < 4.78 is 0. The Hall–Kier alpha value is -0.930. The summed E-state index contributed by atoms with van der Waals surface area (Å²) in [5.41, 5.74) is 1.17. The third-order valence-corrected chi connectivity index (χ3v) is 2.80. The smallest absolute Gasteiger partial charge is 0.0416 e. The van der Waals surface area contributed by atoms with Crippen molar-refractivity contribution in [1.82, 2.24) is 15.2 Å². The van der Waals surface area contributed by atoms with Gasteiger partial charge in [0.1, 0.15) is 0 Å². The van der Waals surface area contributed by atoms with Gasteiger partial charge >= 0.3 is 0 Å². The van der Waals surface area contributed by atoms with Crippen LogP contribution in [0.15, 0.2) is 24.4 Å². The zero-order chi connectivity index (χ0) is 12.5. The second kappa shape index (κ2) is 8.20. The summed E-state index contributed by atoms with van der Waals surface area (Å²) in [6, 6.07) is 6.66. The molecule has 0 aliphatic carbocycles. The lowest BCUT2D eigenvalue weighted by Crippen LogP contribution is -2.38. The van der Waals surface area contributed by atoms with Gasteiger partial charge in [-0.1, -0.05) is 13.0 Å². The van der Waals surface area contributed by atoms with Crippen LogP contribution in [-0.2, 0) is 6.42 Å². The maximum absolute atomic E-state index is 4.34. The quantitative estimate of drug-likeness (QED) is 0.746. The number of aromatic nitrogens is 1. The van der Waals surface area contributed by atoms with E-state index < -0.39 is 0 Å². The minimum atomic E-state index is 0.559. The van der Waals surface area contributed by atoms with Crippen LogP contribution in [-0.4, -0.2) is 42.6 Å². The Bertz CT molecular complexity index is 287. The van der Waals surface area contributed by atoms with Gasteiger partial charge in [-0.15, -0.1) is 0 Å². The molecule has 0 spiro atoms. The Morgan fingerprint density at radius 2 is 2.24 bits per heavy atom. The molecule has 0 amide bonds. The number of pyridine rings is 1. The molecule has 0 aliphatic heterocycles. The SMILES string of the molecule is CCCNC(C)CN(C)CCc1ccccn1. The third kappa shape index (κ3) is 6.39. The van der Waals surface area contributed by atoms with Crippen molar-refractivity contribution in [2.45, 2.75) is 32.7 Å². The van der Waals surface area contributed by atoms with Gasteiger partial charge < -0.3 is 10.2 Å². The molecule has 0 bridgehead atoms. The fraction of sp³-hybridized carbons (Fsp3) is 0.643. The first kappa shape index (κ1) is 14.1. The van der Waals surface area contributed by atoms with Gasteiger partial charge in [-0.05, 0) is 39.1 Å². The van der Waals surface area contributed by atoms with Crippen LogP contribution in [0.3, 0.4) is 0 Å². The van der Waals surface area contributed by atoms with Crippen molar-refractivity contribution >= 4 is 0 Å². The van der Waals surface area contributed by atoms with Crippen molar-refractivity contribution in [1.29, 1.82) is 0 Å². The Morgan fingerprint density at radius 1 is 1.41 bits per heavy atom. The Morgan fingerprint density at radius 3 is 2.88 bits per heavy atom. The molecule has 3 heteroatoms. The highest BCUT2D eigenvalue weighted by molar-refractivity contribution is 5.03. The number of nitrogens with zero attached hydrogens (tertiary/aromatic N) is 2. The number of likely N-dealkylation sites (N-methyl/N-ethyl adjacent to an activating group) is 1. The highest BCUT2D eigenvalue weighted by Crippen LogP contribution is 1.97. The van der Waals surface area contributed by atoms with Crippen LogP contribution >= 0.6 is 0 Å². The van der Waals surface area contributed by atoms with E-state index in [1.807, 2.05) is 18.3 Å². The predicted molar refractivity (Wildman–Crippen MR) is 73.2 cm³/mol. The summed E-state index contributed by atoms with van der Waals surface area (Å²) in [5.74, 6) is 0. The topological polar surface area (TPSA) is 28.2 Å². The van der Waals surface area contributed by atoms with E-state index in [0.29, 0.717) is 6.04 Å². The maximum atomic E-state index is 4.34. The van der Waals surface area contributed by atoms with Crippen LogP contribution in [0.4, 0.5) is 0 Å². The Kier molecular flexibility index (Phi) is 6.82. The molecule has 1 N–H and O–H groups in total. The molecule has 0 fully saturated rings. The molecule has 3 nitrogen and oxygen atoms in total. The fourth-order valence-corrected chi connectivity index (χ4v) is 1.87. The first-order chi connectivity index (χ1) is 8.22. The summed E-state index contributed by atoms with van der Waals surface area (Å²) in [5, 5.41) is 3.50. The summed E-state index contributed by atoms with van der Waals surface area (Å²) >= 11 is 0. The van der Waals surface area contributed by atoms with E-state index in [4.69, 9.17) is 0 Å². The van der Waals surface area contributed by atoms with Gasteiger partial charge in [0.15, 0.2) is 0 Å². The summed E-state index contributed by atoms with van der Waals surface area (Å²) in [6.45, 7) is 7.70. The molecule has 1 atom stereocenters. The molecule has 17 heavy (non-hydrogen) atoms. The van der Waals surface area contributed by atoms with E-state index in [1.165, 1.54) is 12.1 Å². The van der Waals surface area contributed by atoms with Crippen molar-refractivity contribution < 1.29 is 0 Å². The molecule has 0 radical (unpaired) electrons. The van der Waals surface area contributed by atoms with Crippen LogP contribution in [0.1, 0.15) is 26.0 Å². The molecule has 0 saturated heterocycles. The monoisotopic (exact) mass is 235 g/mol. The second-order valence-electron chi connectivity index (χ2n) is 4.69. The van der Waals surface area contributed by atoms with Crippen LogP contribution < -0.4 is 5.32 Å². The van der Waals surface area contributed by atoms with Crippen molar-refractivity contribution in [2.24, 2.45) is 0 Å². The lowest BCUT2D eigenvalue weighted by molar-refractivity contribution is 0.299.